The molecule has 0 aliphatic heterocycles. The molecule has 0 aliphatic rings. The number of benzene rings is 5. The quantitative estimate of drug-likeness (QED) is 0.0190. The van der Waals surface area contributed by atoms with E-state index in [0.29, 0.717) is 42.7 Å². The maximum atomic E-state index is 12.4. The third-order valence-electron chi connectivity index (χ3n) is 11.1. The van der Waals surface area contributed by atoms with Gasteiger partial charge in [-0.15, -0.1) is 37.3 Å². The molecule has 0 aliphatic carbocycles. The fraction of sp³-hybridized carbons (Fsp3) is 0.217. The summed E-state index contributed by atoms with van der Waals surface area (Å²) in [5, 5.41) is 62.6. The third kappa shape index (κ3) is 12.4. The van der Waals surface area contributed by atoms with Gasteiger partial charge in [-0.2, -0.15) is 35.6 Å². The monoisotopic (exact) mass is 1120 g/mol. The lowest BCUT2D eigenvalue weighted by Crippen LogP contribution is -2.08. The number of pyridine rings is 1. The van der Waals surface area contributed by atoms with Crippen LogP contribution in [0.1, 0.15) is 42.0 Å². The molecule has 75 heavy (non-hydrogen) atoms. The number of aryl methyl sites for hydroxylation is 1. The number of aromatic hydroxyl groups is 1. The molecule has 3 heterocycles. The number of rotatable bonds is 19. The van der Waals surface area contributed by atoms with Crippen LogP contribution in [0, 0.1) is 25.2 Å². The van der Waals surface area contributed by atoms with Gasteiger partial charge in [-0.1, -0.05) is 35.6 Å². The summed E-state index contributed by atoms with van der Waals surface area (Å²) in [4.78, 5) is 20.6. The molecule has 8 aromatic rings. The average molecular weight is 1120 g/mol. The smallest absolute Gasteiger partial charge is 0.296 e. The van der Waals surface area contributed by atoms with Crippen LogP contribution in [0.3, 0.4) is 0 Å². The number of azo groups is 3. The van der Waals surface area contributed by atoms with Gasteiger partial charge >= 0.3 is 0 Å². The summed E-state index contributed by atoms with van der Waals surface area (Å²) in [6, 6.07) is 21.0. The number of nitrogens with zero attached hydrogens (tertiary/aromatic N) is 10. The molecule has 0 bridgehead atoms. The highest BCUT2D eigenvalue weighted by Crippen LogP contribution is 2.44. The molecule has 3 aromatic heterocycles. The number of thiazole rings is 1. The molecule has 0 atom stereocenters. The minimum atomic E-state index is -4.70. The Kier molecular flexibility index (Phi) is 15.7. The number of nitrogens with one attached hydrogen (secondary N) is 1. The van der Waals surface area contributed by atoms with Gasteiger partial charge in [-0.05, 0) is 85.9 Å². The third-order valence-corrected chi connectivity index (χ3v) is 15.6. The van der Waals surface area contributed by atoms with Crippen LogP contribution >= 0.6 is 23.1 Å². The van der Waals surface area contributed by atoms with Crippen molar-refractivity contribution >= 4 is 136 Å². The lowest BCUT2D eigenvalue weighted by atomic mass is 10.1. The van der Waals surface area contributed by atoms with Crippen LogP contribution in [0.25, 0.3) is 37.7 Å². The van der Waals surface area contributed by atoms with Crippen molar-refractivity contribution < 1.29 is 58.7 Å². The van der Waals surface area contributed by atoms with Gasteiger partial charge in [0.1, 0.15) is 33.5 Å². The van der Waals surface area contributed by atoms with Crippen LogP contribution in [0.4, 0.5) is 39.3 Å². The molecule has 8 rings (SSSR count). The molecule has 0 spiro atoms. The summed E-state index contributed by atoms with van der Waals surface area (Å²) in [6.45, 7) is 3.70. The molecule has 388 valence electrons. The van der Waals surface area contributed by atoms with Gasteiger partial charge < -0.3 is 20.3 Å². The summed E-state index contributed by atoms with van der Waals surface area (Å²) in [5.74, 6) is -1.80. The second-order valence-corrected chi connectivity index (χ2v) is 23.1. The zero-order chi connectivity index (χ0) is 54.0. The fourth-order valence-electron chi connectivity index (χ4n) is 7.62. The maximum Gasteiger partial charge on any atom is 0.296 e. The number of thioether (sulfide) groups is 1. The number of amides is 1. The van der Waals surface area contributed by atoms with Gasteiger partial charge in [0.05, 0.1) is 57.5 Å². The zero-order valence-corrected chi connectivity index (χ0v) is 43.5. The van der Waals surface area contributed by atoms with Gasteiger partial charge in [0.15, 0.2) is 11.3 Å². The van der Waals surface area contributed by atoms with Crippen molar-refractivity contribution in [3.05, 3.63) is 95.1 Å². The topological polar surface area (TPSA) is 370 Å². The number of aliphatic hydroxyl groups is 1. The molecule has 0 saturated heterocycles. The van der Waals surface area contributed by atoms with Crippen molar-refractivity contribution in [2.45, 2.75) is 50.0 Å². The number of imidazole rings is 1. The Morgan fingerprint density at radius 1 is 0.840 bits per heavy atom. The normalized spacial score (nSPS) is 12.6. The van der Waals surface area contributed by atoms with E-state index in [1.807, 2.05) is 0 Å². The van der Waals surface area contributed by atoms with E-state index in [1.165, 1.54) is 41.7 Å². The van der Waals surface area contributed by atoms with Crippen LogP contribution in [0.2, 0.25) is 0 Å². The van der Waals surface area contributed by atoms with Gasteiger partial charge in [0.25, 0.3) is 30.4 Å². The molecule has 29 heteroatoms. The number of carbonyl (C=O) groups is 1. The number of carbonyl (C=O) groups excluding carboxylic acids is 1. The largest absolute Gasteiger partial charge is 0.493 e. The first-order valence-corrected chi connectivity index (χ1v) is 28.5. The highest BCUT2D eigenvalue weighted by molar-refractivity contribution is 7.99. The van der Waals surface area contributed by atoms with Crippen LogP contribution in [-0.2, 0) is 41.8 Å². The van der Waals surface area contributed by atoms with Crippen molar-refractivity contribution in [2.75, 3.05) is 29.2 Å². The molecule has 0 saturated carbocycles. The lowest BCUT2D eigenvalue weighted by molar-refractivity contribution is -0.114. The van der Waals surface area contributed by atoms with E-state index in [2.05, 4.69) is 52.0 Å². The summed E-state index contributed by atoms with van der Waals surface area (Å²) in [6.07, 6.45) is -0.132. The van der Waals surface area contributed by atoms with Crippen LogP contribution < -0.4 is 10.1 Å². The van der Waals surface area contributed by atoms with E-state index >= 15 is 0 Å². The second-order valence-electron chi connectivity index (χ2n) is 16.5. The molecule has 6 N–H and O–H groups in total. The van der Waals surface area contributed by atoms with Crippen LogP contribution in [-0.4, -0.2) is 93.3 Å². The molecule has 5 aromatic carbocycles. The zero-order valence-electron chi connectivity index (χ0n) is 39.4. The van der Waals surface area contributed by atoms with Crippen LogP contribution in [0.5, 0.6) is 11.6 Å². The van der Waals surface area contributed by atoms with Crippen molar-refractivity contribution in [1.82, 2.24) is 14.4 Å². The minimum absolute atomic E-state index is 0.00133. The van der Waals surface area contributed by atoms with Crippen molar-refractivity contribution in [3.8, 4) is 17.7 Å². The van der Waals surface area contributed by atoms with E-state index in [9.17, 15) is 59.2 Å². The lowest BCUT2D eigenvalue weighted by Gasteiger charge is -2.12. The predicted octanol–water partition coefficient (Wildman–Crippen LogP) is 10.4. The van der Waals surface area contributed by atoms with E-state index in [4.69, 9.17) is 4.74 Å². The Bertz CT molecular complexity index is 4120. The maximum absolute atomic E-state index is 12.4. The first-order valence-electron chi connectivity index (χ1n) is 22.0. The number of ether oxygens (including phenoxy) is 1. The first-order chi connectivity index (χ1) is 35.5. The van der Waals surface area contributed by atoms with E-state index < -0.39 is 59.2 Å². The number of fused-ring (bicyclic) bond motifs is 6. The number of hydrogen-bond donors (Lipinski definition) is 6. The Labute approximate surface area is 434 Å². The molecule has 0 radical (unpaired) electrons. The molecular weight excluding hydrogens is 1070 g/mol. The Balaban J connectivity index is 1.18. The van der Waals surface area contributed by atoms with Crippen molar-refractivity contribution in [1.29, 1.82) is 5.26 Å². The van der Waals surface area contributed by atoms with E-state index in [1.54, 1.807) is 56.3 Å². The summed E-state index contributed by atoms with van der Waals surface area (Å²) in [7, 11) is -13.3. The number of anilines is 1. The molecule has 1 amide bonds. The highest BCUT2D eigenvalue weighted by atomic mass is 32.2. The molecule has 0 fully saturated rings. The summed E-state index contributed by atoms with van der Waals surface area (Å²) >= 11 is 2.14. The Morgan fingerprint density at radius 2 is 1.55 bits per heavy atom. The highest BCUT2D eigenvalue weighted by Gasteiger charge is 2.23. The SMILES string of the molecule is CC(=O)Nc1ccc2nc3c(C#N)c(C)c(N=Nc4cc(C)c(N=Nc5cc(CO)c(N=Nc6nc7c(S(=O)(=O)O)cc8ccccc8c7s6)cc5SCCCS(=O)(=O)O)cc4OCCCS(=O)(=O)O)c(O)n3c2c1. The standard InChI is InChI=1S/C46H41N11O13S5/c1-24-16-35(53-55-41-25(2)31(22-47)44-49-32-11-10-29(48-26(3)59)19-37(32)57(44)45(41)60)38(70-12-6-14-73(61,62)63)20-33(24)51-54-36-17-28(23-58)34(21-39(36)71-13-7-15-74(64,65)66)52-56-46-50-42-40(75(67,68)69)18-27-8-4-5-9-30(27)43(42)72-46/h4-5,8-11,16-21,58,60H,6-7,12-15,23H2,1-3H3,(H,48,59)(H,61,62,63)(H,64,65,66)(H,67,68,69). The number of aliphatic hydroxyl groups excluding tert-OH is 1. The Hall–Kier alpha value is -7.40. The number of aromatic nitrogens is 3. The summed E-state index contributed by atoms with van der Waals surface area (Å²) < 4.78 is 107. The van der Waals surface area contributed by atoms with Gasteiger partial charge in [-0.3, -0.25) is 22.9 Å². The van der Waals surface area contributed by atoms with Crippen LogP contribution in [0.15, 0.2) is 113 Å². The van der Waals surface area contributed by atoms with Gasteiger partial charge in [0, 0.05) is 40.1 Å². The summed E-state index contributed by atoms with van der Waals surface area (Å²) in [5.41, 5.74) is 2.60. The average Bonchev–Trinajstić information content (AvgIpc) is 3.95. The first kappa shape index (κ1) is 53.9. The molecule has 24 nitrogen and oxygen atoms in total. The number of hydrogen-bond acceptors (Lipinski definition) is 21. The van der Waals surface area contributed by atoms with E-state index in [0.717, 1.165) is 23.1 Å². The predicted molar refractivity (Wildman–Crippen MR) is 279 cm³/mol. The minimum Gasteiger partial charge on any atom is -0.493 e. The van der Waals surface area contributed by atoms with Crippen molar-refractivity contribution in [3.63, 3.8) is 0 Å². The molecule has 0 unspecified atom stereocenters. The van der Waals surface area contributed by atoms with Gasteiger partial charge in [0.2, 0.25) is 16.9 Å². The Morgan fingerprint density at radius 3 is 2.25 bits per heavy atom. The molecular formula is C46H41N11O13S5. The van der Waals surface area contributed by atoms with Gasteiger partial charge in [-0.25, -0.2) is 9.97 Å². The van der Waals surface area contributed by atoms with Crippen molar-refractivity contribution in [2.24, 2.45) is 30.7 Å². The second kappa shape index (κ2) is 21.8. The number of nitriles is 1. The van der Waals surface area contributed by atoms with E-state index in [-0.39, 0.29) is 98.3 Å². The fourth-order valence-corrected chi connectivity index (χ4v) is 11.4.